The summed E-state index contributed by atoms with van der Waals surface area (Å²) in [5.41, 5.74) is 4.44. The first kappa shape index (κ1) is 11.9. The van der Waals surface area contributed by atoms with Crippen molar-refractivity contribution in [3.8, 4) is 0 Å². The van der Waals surface area contributed by atoms with E-state index in [1.165, 1.54) is 12.3 Å². The largest absolute Gasteiger partial charge is 0.394 e. The van der Waals surface area contributed by atoms with Crippen LogP contribution in [0.25, 0.3) is 0 Å². The fraction of sp³-hybridized carbons (Fsp3) is 0.556. The Morgan fingerprint density at radius 1 is 1.53 bits per heavy atom. The molecule has 2 unspecified atom stereocenters. The molecule has 2 rings (SSSR count). The molecule has 3 N–H and O–H groups in total. The molecule has 6 nitrogen and oxygen atoms in total. The number of nitrogens with two attached hydrogens (primary N) is 1. The highest BCUT2D eigenvalue weighted by atomic mass is 19.2. The predicted molar refractivity (Wildman–Crippen MR) is 53.7 cm³/mol. The molecular weight excluding hydrogens is 236 g/mol. The topological polar surface area (TPSA) is 90.4 Å². The van der Waals surface area contributed by atoms with Crippen molar-refractivity contribution < 1.29 is 18.6 Å². The second-order valence-corrected chi connectivity index (χ2v) is 3.68. The molecule has 1 fully saturated rings. The van der Waals surface area contributed by atoms with E-state index in [-0.39, 0.29) is 5.82 Å². The lowest BCUT2D eigenvalue weighted by Gasteiger charge is -2.15. The number of halogens is 2. The summed E-state index contributed by atoms with van der Waals surface area (Å²) in [6.45, 7) is -0.658. The molecule has 8 heteroatoms. The third kappa shape index (κ3) is 2.01. The molecule has 4 atom stereocenters. The molecular formula is C9H11F2N3O3. The molecule has 0 bridgehead atoms. The molecule has 94 valence electrons. The van der Waals surface area contributed by atoms with E-state index in [0.717, 1.165) is 4.57 Å². The summed E-state index contributed by atoms with van der Waals surface area (Å²) in [5.74, 6) is -0.0184. The van der Waals surface area contributed by atoms with Gasteiger partial charge < -0.3 is 15.6 Å². The Morgan fingerprint density at radius 2 is 2.24 bits per heavy atom. The van der Waals surface area contributed by atoms with E-state index >= 15 is 0 Å². The third-order valence-electron chi connectivity index (χ3n) is 2.55. The zero-order valence-corrected chi connectivity index (χ0v) is 8.66. The molecule has 0 aromatic carbocycles. The van der Waals surface area contributed by atoms with Crippen molar-refractivity contribution in [1.29, 1.82) is 0 Å². The quantitative estimate of drug-likeness (QED) is 0.727. The van der Waals surface area contributed by atoms with E-state index in [0.29, 0.717) is 0 Å². The van der Waals surface area contributed by atoms with Crippen molar-refractivity contribution in [3.63, 3.8) is 0 Å². The summed E-state index contributed by atoms with van der Waals surface area (Å²) in [4.78, 5) is 14.8. The highest BCUT2D eigenvalue weighted by Crippen LogP contribution is 2.32. The van der Waals surface area contributed by atoms with Crippen molar-refractivity contribution in [3.05, 3.63) is 22.7 Å². The fourth-order valence-electron chi connectivity index (χ4n) is 1.67. The minimum absolute atomic E-state index is 0.0184. The maximum absolute atomic E-state index is 13.6. The summed E-state index contributed by atoms with van der Waals surface area (Å²) in [6.07, 6.45) is -5.54. The van der Waals surface area contributed by atoms with E-state index in [2.05, 4.69) is 4.98 Å². The van der Waals surface area contributed by atoms with Crippen LogP contribution in [0.4, 0.5) is 14.6 Å². The SMILES string of the molecule is Nc1ccn(C2O[C@H](CO)C(F)[C@H]2F)c(=O)n1. The summed E-state index contributed by atoms with van der Waals surface area (Å²) >= 11 is 0. The van der Waals surface area contributed by atoms with Gasteiger partial charge in [0.25, 0.3) is 0 Å². The average Bonchev–Trinajstić information content (AvgIpc) is 2.57. The Balaban J connectivity index is 2.32. The van der Waals surface area contributed by atoms with Gasteiger partial charge in [0, 0.05) is 6.20 Å². The summed E-state index contributed by atoms with van der Waals surface area (Å²) in [6, 6.07) is 1.27. The number of hydrogen-bond donors (Lipinski definition) is 2. The highest BCUT2D eigenvalue weighted by Gasteiger charge is 2.46. The Morgan fingerprint density at radius 3 is 2.76 bits per heavy atom. The van der Waals surface area contributed by atoms with Crippen molar-refractivity contribution in [2.75, 3.05) is 12.3 Å². The zero-order chi connectivity index (χ0) is 12.6. The minimum Gasteiger partial charge on any atom is -0.394 e. The van der Waals surface area contributed by atoms with Crippen LogP contribution in [0, 0.1) is 0 Å². The first-order valence-corrected chi connectivity index (χ1v) is 4.93. The second kappa shape index (κ2) is 4.38. The number of aromatic nitrogens is 2. The molecule has 0 amide bonds. The molecule has 2 heterocycles. The number of aliphatic hydroxyl groups is 1. The highest BCUT2D eigenvalue weighted by molar-refractivity contribution is 5.23. The smallest absolute Gasteiger partial charge is 0.351 e. The van der Waals surface area contributed by atoms with Crippen LogP contribution >= 0.6 is 0 Å². The number of anilines is 1. The lowest BCUT2D eigenvalue weighted by molar-refractivity contribution is -0.0436. The molecule has 0 aliphatic carbocycles. The van der Waals surface area contributed by atoms with Crippen LogP contribution < -0.4 is 11.4 Å². The van der Waals surface area contributed by atoms with E-state index in [1.54, 1.807) is 0 Å². The Hall–Kier alpha value is -1.54. The van der Waals surface area contributed by atoms with Crippen LogP contribution in [0.5, 0.6) is 0 Å². The van der Waals surface area contributed by atoms with Crippen molar-refractivity contribution in [2.45, 2.75) is 24.7 Å². The molecule has 0 spiro atoms. The van der Waals surface area contributed by atoms with E-state index < -0.39 is 37.0 Å². The van der Waals surface area contributed by atoms with Crippen LogP contribution in [0.2, 0.25) is 0 Å². The van der Waals surface area contributed by atoms with Crippen LogP contribution in [0.3, 0.4) is 0 Å². The standard InChI is InChI=1S/C9H11F2N3O3/c10-6-4(3-15)17-8(7(6)11)14-2-1-5(12)13-9(14)16/h1-2,4,6-8,15H,3H2,(H2,12,13,16)/t4-,6?,7-,8?/m1/s1. The summed E-state index contributed by atoms with van der Waals surface area (Å²) in [5, 5.41) is 8.78. The first-order valence-electron chi connectivity index (χ1n) is 4.93. The lowest BCUT2D eigenvalue weighted by Crippen LogP contribution is -2.32. The molecule has 1 aromatic heterocycles. The van der Waals surface area contributed by atoms with Gasteiger partial charge in [-0.25, -0.2) is 13.6 Å². The number of alkyl halides is 2. The Bertz CT molecular complexity index is 467. The molecule has 1 aromatic rings. The van der Waals surface area contributed by atoms with Gasteiger partial charge in [-0.2, -0.15) is 4.98 Å². The van der Waals surface area contributed by atoms with Gasteiger partial charge in [-0.15, -0.1) is 0 Å². The molecule has 1 saturated heterocycles. The zero-order valence-electron chi connectivity index (χ0n) is 8.66. The van der Waals surface area contributed by atoms with Gasteiger partial charge in [-0.1, -0.05) is 0 Å². The van der Waals surface area contributed by atoms with Crippen molar-refractivity contribution in [2.24, 2.45) is 0 Å². The van der Waals surface area contributed by atoms with Crippen LogP contribution in [0.15, 0.2) is 17.1 Å². The number of nitrogens with zero attached hydrogens (tertiary/aromatic N) is 2. The van der Waals surface area contributed by atoms with Gasteiger partial charge >= 0.3 is 5.69 Å². The lowest BCUT2D eigenvalue weighted by atomic mass is 10.2. The van der Waals surface area contributed by atoms with Gasteiger partial charge in [0.2, 0.25) is 0 Å². The van der Waals surface area contributed by atoms with Gasteiger partial charge in [0.1, 0.15) is 11.9 Å². The Labute approximate surface area is 94.6 Å². The van der Waals surface area contributed by atoms with Gasteiger partial charge in [0.05, 0.1) is 6.61 Å². The number of aliphatic hydroxyl groups excluding tert-OH is 1. The third-order valence-corrected chi connectivity index (χ3v) is 2.55. The fourth-order valence-corrected chi connectivity index (χ4v) is 1.67. The van der Waals surface area contributed by atoms with Crippen LogP contribution in [0.1, 0.15) is 6.23 Å². The van der Waals surface area contributed by atoms with Crippen molar-refractivity contribution >= 4 is 5.82 Å². The minimum atomic E-state index is -2.03. The van der Waals surface area contributed by atoms with Gasteiger partial charge in [0.15, 0.2) is 18.6 Å². The maximum Gasteiger partial charge on any atom is 0.351 e. The normalized spacial score (nSPS) is 32.9. The average molecular weight is 247 g/mol. The van der Waals surface area contributed by atoms with Crippen molar-refractivity contribution in [1.82, 2.24) is 9.55 Å². The number of rotatable bonds is 2. The molecule has 0 saturated carbocycles. The predicted octanol–water partition coefficient (Wildman–Crippen LogP) is -0.609. The first-order chi connectivity index (χ1) is 8.04. The Kier molecular flexibility index (Phi) is 3.07. The second-order valence-electron chi connectivity index (χ2n) is 3.68. The van der Waals surface area contributed by atoms with Crippen LogP contribution in [-0.4, -0.2) is 39.7 Å². The monoisotopic (exact) mass is 247 g/mol. The van der Waals surface area contributed by atoms with Crippen LogP contribution in [-0.2, 0) is 4.74 Å². The molecule has 17 heavy (non-hydrogen) atoms. The maximum atomic E-state index is 13.6. The number of hydrogen-bond acceptors (Lipinski definition) is 5. The van der Waals surface area contributed by atoms with Gasteiger partial charge in [-0.05, 0) is 6.07 Å². The molecule has 1 aliphatic heterocycles. The summed E-state index contributed by atoms with van der Waals surface area (Å²) in [7, 11) is 0. The van der Waals surface area contributed by atoms with E-state index in [9.17, 15) is 13.6 Å². The summed E-state index contributed by atoms with van der Waals surface area (Å²) < 4.78 is 32.6. The number of nitrogen functional groups attached to an aromatic ring is 1. The van der Waals surface area contributed by atoms with Gasteiger partial charge in [-0.3, -0.25) is 4.57 Å². The number of ether oxygens (including phenoxy) is 1. The van der Waals surface area contributed by atoms with E-state index in [4.69, 9.17) is 15.6 Å². The molecule has 1 aliphatic rings. The molecule has 0 radical (unpaired) electrons. The van der Waals surface area contributed by atoms with E-state index in [1.807, 2.05) is 0 Å².